The van der Waals surface area contributed by atoms with Gasteiger partial charge in [-0.05, 0) is 19.8 Å². The fraction of sp³-hybridized carbons (Fsp3) is 0.875. The van der Waals surface area contributed by atoms with E-state index in [0.29, 0.717) is 12.8 Å². The maximum atomic E-state index is 11.3. The molecule has 0 aromatic heterocycles. The molecule has 1 heterocycles. The largest absolute Gasteiger partial charge is 1.00 e. The molecule has 1 aliphatic heterocycles. The van der Waals surface area contributed by atoms with Crippen LogP contribution in [0.4, 0.5) is 0 Å². The average molecular weight is 259 g/mol. The van der Waals surface area contributed by atoms with Crippen LogP contribution in [0.3, 0.4) is 0 Å². The van der Waals surface area contributed by atoms with Crippen LogP contribution < -0.4 is 29.6 Å². The molecule has 8 heteroatoms. The van der Waals surface area contributed by atoms with E-state index in [1.165, 1.54) is 0 Å². The van der Waals surface area contributed by atoms with E-state index in [9.17, 15) is 17.8 Å². The molecule has 0 N–H and O–H groups in total. The predicted molar refractivity (Wildman–Crippen MR) is 50.6 cm³/mol. The monoisotopic (exact) mass is 259 g/mol. The molecule has 0 amide bonds. The molecule has 1 atom stereocenters. The molecule has 0 spiro atoms. The summed E-state index contributed by atoms with van der Waals surface area (Å²) in [5, 5.41) is 0. The minimum Gasteiger partial charge on any atom is -0.735 e. The number of piperidine rings is 1. The molecule has 1 saturated heterocycles. The van der Waals surface area contributed by atoms with Gasteiger partial charge in [0.15, 0.2) is 10.3 Å². The van der Waals surface area contributed by atoms with Crippen LogP contribution in [-0.2, 0) is 19.8 Å². The molecule has 1 rings (SSSR count). The topological polar surface area (TPSA) is 86.7 Å². The molecule has 1 aliphatic rings. The average Bonchev–Trinajstić information content (AvgIpc) is 2.17. The fourth-order valence-electron chi connectivity index (χ4n) is 1.60. The molecule has 0 aromatic rings. The zero-order valence-corrected chi connectivity index (χ0v) is 12.3. The van der Waals surface area contributed by atoms with Gasteiger partial charge in [-0.15, -0.1) is 0 Å². The Morgan fingerprint density at radius 1 is 1.56 bits per heavy atom. The fourth-order valence-corrected chi connectivity index (χ4v) is 2.31. The van der Waals surface area contributed by atoms with Gasteiger partial charge in [0.05, 0.1) is 12.5 Å². The van der Waals surface area contributed by atoms with E-state index < -0.39 is 22.2 Å². The Morgan fingerprint density at radius 2 is 2.19 bits per heavy atom. The summed E-state index contributed by atoms with van der Waals surface area (Å²) in [6.07, 6.45) is 1.09. The third kappa shape index (κ3) is 4.68. The molecule has 1 unspecified atom stereocenters. The van der Waals surface area contributed by atoms with Gasteiger partial charge in [-0.1, -0.05) is 0 Å². The second-order valence-corrected chi connectivity index (χ2v) is 4.78. The summed E-state index contributed by atoms with van der Waals surface area (Å²) in [7, 11) is -4.43. The van der Waals surface area contributed by atoms with Crippen LogP contribution in [0.25, 0.3) is 0 Å². The molecule has 0 radical (unpaired) electrons. The van der Waals surface area contributed by atoms with Crippen LogP contribution in [0.15, 0.2) is 0 Å². The molecule has 6 nitrogen and oxygen atoms in total. The molecule has 1 fully saturated rings. The number of esters is 1. The Balaban J connectivity index is 0.00000225. The Bertz CT molecular complexity index is 331. The van der Waals surface area contributed by atoms with Crippen LogP contribution in [0, 0.1) is 5.92 Å². The van der Waals surface area contributed by atoms with Crippen molar-refractivity contribution < 1.29 is 52.1 Å². The zero-order valence-electron chi connectivity index (χ0n) is 9.51. The van der Waals surface area contributed by atoms with E-state index in [1.54, 1.807) is 6.92 Å². The van der Waals surface area contributed by atoms with Gasteiger partial charge < -0.3 is 9.29 Å². The van der Waals surface area contributed by atoms with Crippen molar-refractivity contribution in [2.24, 2.45) is 5.92 Å². The number of hydrogen-bond donors (Lipinski definition) is 0. The van der Waals surface area contributed by atoms with E-state index in [2.05, 4.69) is 0 Å². The third-order valence-corrected chi connectivity index (χ3v) is 3.28. The maximum Gasteiger partial charge on any atom is 1.00 e. The van der Waals surface area contributed by atoms with Crippen molar-refractivity contribution in [1.82, 2.24) is 4.31 Å². The Labute approximate surface area is 118 Å². The molecule has 0 aliphatic carbocycles. The predicted octanol–water partition coefficient (Wildman–Crippen LogP) is -3.27. The molecule has 0 saturated carbocycles. The van der Waals surface area contributed by atoms with Crippen LogP contribution >= 0.6 is 0 Å². The first-order valence-corrected chi connectivity index (χ1v) is 6.19. The van der Waals surface area contributed by atoms with Crippen molar-refractivity contribution in [3.05, 3.63) is 0 Å². The van der Waals surface area contributed by atoms with Crippen molar-refractivity contribution in [3.8, 4) is 0 Å². The van der Waals surface area contributed by atoms with Gasteiger partial charge in [0.2, 0.25) is 0 Å². The van der Waals surface area contributed by atoms with E-state index >= 15 is 0 Å². The zero-order chi connectivity index (χ0) is 11.5. The first-order chi connectivity index (χ1) is 6.95. The minimum absolute atomic E-state index is 0. The quantitative estimate of drug-likeness (QED) is 0.301. The van der Waals surface area contributed by atoms with Crippen molar-refractivity contribution in [2.45, 2.75) is 19.8 Å². The number of nitrogens with zero attached hydrogens (tertiary/aromatic N) is 1. The Hall–Kier alpha value is 0.340. The van der Waals surface area contributed by atoms with Gasteiger partial charge in [0.25, 0.3) is 0 Å². The first kappa shape index (κ1) is 16.3. The van der Waals surface area contributed by atoms with Gasteiger partial charge in [-0.2, -0.15) is 0 Å². The summed E-state index contributed by atoms with van der Waals surface area (Å²) >= 11 is 0. The van der Waals surface area contributed by atoms with Crippen LogP contribution in [0.1, 0.15) is 19.8 Å². The smallest absolute Gasteiger partial charge is 0.735 e. The van der Waals surface area contributed by atoms with Crippen LogP contribution in [0.5, 0.6) is 0 Å². The van der Waals surface area contributed by atoms with Gasteiger partial charge in [0, 0.05) is 13.1 Å². The normalized spacial score (nSPS) is 22.2. The Morgan fingerprint density at radius 3 is 2.69 bits per heavy atom. The summed E-state index contributed by atoms with van der Waals surface area (Å²) < 4.78 is 37.8. The summed E-state index contributed by atoms with van der Waals surface area (Å²) in [6, 6.07) is 0. The number of carbonyl (C=O) groups is 1. The Kier molecular flexibility index (Phi) is 7.07. The minimum atomic E-state index is -4.43. The maximum absolute atomic E-state index is 11.3. The van der Waals surface area contributed by atoms with Crippen molar-refractivity contribution in [2.75, 3.05) is 19.7 Å². The van der Waals surface area contributed by atoms with Crippen molar-refractivity contribution in [3.63, 3.8) is 0 Å². The van der Waals surface area contributed by atoms with E-state index in [4.69, 9.17) is 4.74 Å². The van der Waals surface area contributed by atoms with Crippen molar-refractivity contribution >= 4 is 16.3 Å². The summed E-state index contributed by atoms with van der Waals surface area (Å²) in [4.78, 5) is 11.3. The van der Waals surface area contributed by atoms with Gasteiger partial charge in [0.1, 0.15) is 0 Å². The number of rotatable bonds is 3. The summed E-state index contributed by atoms with van der Waals surface area (Å²) in [6.45, 7) is 2.09. The van der Waals surface area contributed by atoms with Gasteiger partial charge in [-0.3, -0.25) is 4.79 Å². The van der Waals surface area contributed by atoms with E-state index in [-0.39, 0.29) is 49.3 Å². The van der Waals surface area contributed by atoms with Crippen molar-refractivity contribution in [1.29, 1.82) is 0 Å². The SMILES string of the molecule is CCOC(=O)C1CCCN(S(=O)(=O)[O-])C1.[Na+]. The molecular formula is C8H14NNaO5S. The molecular weight excluding hydrogens is 245 g/mol. The molecule has 16 heavy (non-hydrogen) atoms. The second-order valence-electron chi connectivity index (χ2n) is 3.41. The van der Waals surface area contributed by atoms with Gasteiger partial charge in [-0.25, -0.2) is 12.7 Å². The second kappa shape index (κ2) is 6.93. The molecule has 0 bridgehead atoms. The molecule has 88 valence electrons. The summed E-state index contributed by atoms with van der Waals surface area (Å²) in [5.41, 5.74) is 0. The summed E-state index contributed by atoms with van der Waals surface area (Å²) in [5.74, 6) is -0.923. The van der Waals surface area contributed by atoms with Crippen LogP contribution in [0.2, 0.25) is 0 Å². The third-order valence-electron chi connectivity index (χ3n) is 2.32. The van der Waals surface area contributed by atoms with E-state index in [1.807, 2.05) is 0 Å². The number of carbonyl (C=O) groups excluding carboxylic acids is 1. The first-order valence-electron chi connectivity index (χ1n) is 4.82. The standard InChI is InChI=1S/C8H15NO5S.Na/c1-2-14-8(10)7-4-3-5-9(6-7)15(11,12)13;/h7H,2-6H2,1H3,(H,11,12,13);/q;+1/p-1. The number of hydrogen-bond acceptors (Lipinski definition) is 5. The molecule has 0 aromatic carbocycles. The van der Waals surface area contributed by atoms with Crippen LogP contribution in [-0.4, -0.2) is 42.9 Å². The number of ether oxygens (including phenoxy) is 1. The van der Waals surface area contributed by atoms with Gasteiger partial charge >= 0.3 is 35.5 Å². The van der Waals surface area contributed by atoms with E-state index in [0.717, 1.165) is 4.31 Å².